The first kappa shape index (κ1) is 20.9. The fourth-order valence-corrected chi connectivity index (χ4v) is 3.94. The van der Waals surface area contributed by atoms with E-state index in [4.69, 9.17) is 5.11 Å². The maximum atomic E-state index is 14.0. The number of halogens is 2. The number of carbonyl (C=O) groups is 2. The van der Waals surface area contributed by atoms with Gasteiger partial charge in [0.25, 0.3) is 0 Å². The first-order valence-corrected chi connectivity index (χ1v) is 10.0. The molecule has 2 aromatic carbocycles. The standard InChI is InChI=1S/C21H20F2N2O3S/c1-2-3-13-4-6-14(7-5-13)25(18(26)10-11-19(27)28)12-17-24-21-16(29-17)9-8-15(22)20(21)23/h4-9H,2-3,10-12H2,1H3,(H,27,28). The molecule has 1 N–H and O–H groups in total. The molecule has 5 nitrogen and oxygen atoms in total. The van der Waals surface area contributed by atoms with Gasteiger partial charge in [-0.1, -0.05) is 25.5 Å². The molecule has 29 heavy (non-hydrogen) atoms. The van der Waals surface area contributed by atoms with Crippen LogP contribution < -0.4 is 4.90 Å². The Morgan fingerprint density at radius 3 is 2.48 bits per heavy atom. The maximum absolute atomic E-state index is 14.0. The summed E-state index contributed by atoms with van der Waals surface area (Å²) < 4.78 is 27.9. The van der Waals surface area contributed by atoms with Crippen LogP contribution in [0, 0.1) is 11.6 Å². The molecule has 8 heteroatoms. The zero-order valence-electron chi connectivity index (χ0n) is 15.8. The summed E-state index contributed by atoms with van der Waals surface area (Å²) in [5.41, 5.74) is 1.67. The second-order valence-corrected chi connectivity index (χ2v) is 7.72. The molecule has 152 valence electrons. The lowest BCUT2D eigenvalue weighted by atomic mass is 10.1. The van der Waals surface area contributed by atoms with Gasteiger partial charge in [-0.3, -0.25) is 9.59 Å². The van der Waals surface area contributed by atoms with E-state index in [1.165, 1.54) is 22.3 Å². The molecule has 3 rings (SSSR count). The third-order valence-corrected chi connectivity index (χ3v) is 5.44. The minimum atomic E-state index is -1.06. The lowest BCUT2D eigenvalue weighted by Gasteiger charge is -2.22. The van der Waals surface area contributed by atoms with Crippen LogP contribution in [0.2, 0.25) is 0 Å². The van der Waals surface area contributed by atoms with Crippen molar-refractivity contribution in [2.45, 2.75) is 39.2 Å². The number of amides is 1. The van der Waals surface area contributed by atoms with Gasteiger partial charge in [-0.05, 0) is 36.2 Å². The molecule has 0 bridgehead atoms. The summed E-state index contributed by atoms with van der Waals surface area (Å²) in [6.07, 6.45) is 1.45. The van der Waals surface area contributed by atoms with Gasteiger partial charge >= 0.3 is 5.97 Å². The van der Waals surface area contributed by atoms with Crippen LogP contribution in [-0.4, -0.2) is 22.0 Å². The number of carboxylic acids is 1. The normalized spacial score (nSPS) is 11.0. The van der Waals surface area contributed by atoms with Crippen molar-refractivity contribution < 1.29 is 23.5 Å². The summed E-state index contributed by atoms with van der Waals surface area (Å²) in [5, 5.41) is 9.33. The summed E-state index contributed by atoms with van der Waals surface area (Å²) in [7, 11) is 0. The van der Waals surface area contributed by atoms with Gasteiger partial charge in [0.2, 0.25) is 5.91 Å². The predicted octanol–water partition coefficient (Wildman–Crippen LogP) is 4.93. The van der Waals surface area contributed by atoms with Crippen LogP contribution in [0.3, 0.4) is 0 Å². The second-order valence-electron chi connectivity index (χ2n) is 6.61. The molecule has 0 aliphatic rings. The van der Waals surface area contributed by atoms with Gasteiger partial charge < -0.3 is 10.0 Å². The van der Waals surface area contributed by atoms with Gasteiger partial charge in [0.1, 0.15) is 10.5 Å². The van der Waals surface area contributed by atoms with Gasteiger partial charge in [-0.2, -0.15) is 0 Å². The number of aryl methyl sites for hydroxylation is 1. The van der Waals surface area contributed by atoms with Crippen molar-refractivity contribution in [1.29, 1.82) is 0 Å². The van der Waals surface area contributed by atoms with Crippen molar-refractivity contribution in [3.05, 3.63) is 58.6 Å². The van der Waals surface area contributed by atoms with E-state index in [1.807, 2.05) is 12.1 Å². The van der Waals surface area contributed by atoms with E-state index < -0.39 is 17.6 Å². The maximum Gasteiger partial charge on any atom is 0.303 e. The quantitative estimate of drug-likeness (QED) is 0.563. The monoisotopic (exact) mass is 418 g/mol. The summed E-state index contributed by atoms with van der Waals surface area (Å²) >= 11 is 1.17. The third kappa shape index (κ3) is 4.95. The van der Waals surface area contributed by atoms with E-state index in [0.717, 1.165) is 24.5 Å². The van der Waals surface area contributed by atoms with Crippen molar-refractivity contribution in [3.63, 3.8) is 0 Å². The Balaban J connectivity index is 1.91. The first-order valence-electron chi connectivity index (χ1n) is 9.23. The Morgan fingerprint density at radius 1 is 1.10 bits per heavy atom. The molecule has 1 aromatic heterocycles. The average molecular weight is 418 g/mol. The Hall–Kier alpha value is -2.87. The number of nitrogens with zero attached hydrogens (tertiary/aromatic N) is 2. The number of carbonyl (C=O) groups excluding carboxylic acids is 1. The first-order chi connectivity index (χ1) is 13.9. The van der Waals surface area contributed by atoms with Crippen molar-refractivity contribution in [2.24, 2.45) is 0 Å². The SMILES string of the molecule is CCCc1ccc(N(Cc2nc3c(F)c(F)ccc3s2)C(=O)CCC(=O)O)cc1. The van der Waals surface area contributed by atoms with Crippen LogP contribution in [0.25, 0.3) is 10.2 Å². The summed E-state index contributed by atoms with van der Waals surface area (Å²) in [6.45, 7) is 2.12. The molecule has 3 aromatic rings. The highest BCUT2D eigenvalue weighted by Gasteiger charge is 2.20. The van der Waals surface area contributed by atoms with Gasteiger partial charge in [-0.15, -0.1) is 11.3 Å². The number of aromatic nitrogens is 1. The smallest absolute Gasteiger partial charge is 0.303 e. The topological polar surface area (TPSA) is 70.5 Å². The number of rotatable bonds is 8. The van der Waals surface area contributed by atoms with Gasteiger partial charge in [0.15, 0.2) is 11.6 Å². The Bertz CT molecular complexity index is 1030. The number of benzene rings is 2. The molecule has 0 unspecified atom stereocenters. The van der Waals surface area contributed by atoms with Crippen molar-refractivity contribution >= 4 is 39.1 Å². The third-order valence-electron chi connectivity index (χ3n) is 4.43. The summed E-state index contributed by atoms with van der Waals surface area (Å²) in [4.78, 5) is 29.2. The predicted molar refractivity (Wildman–Crippen MR) is 108 cm³/mol. The Labute approximate surface area is 170 Å². The van der Waals surface area contributed by atoms with Crippen molar-refractivity contribution in [2.75, 3.05) is 4.90 Å². The number of fused-ring (bicyclic) bond motifs is 1. The van der Waals surface area contributed by atoms with E-state index >= 15 is 0 Å². The molecule has 0 saturated heterocycles. The number of anilines is 1. The van der Waals surface area contributed by atoms with Crippen LogP contribution in [-0.2, 0) is 22.6 Å². The highest BCUT2D eigenvalue weighted by atomic mass is 32.1. The highest BCUT2D eigenvalue weighted by Crippen LogP contribution is 2.28. The number of hydrogen-bond donors (Lipinski definition) is 1. The fraction of sp³-hybridized carbons (Fsp3) is 0.286. The fourth-order valence-electron chi connectivity index (χ4n) is 2.99. The molecular weight excluding hydrogens is 398 g/mol. The zero-order chi connectivity index (χ0) is 21.0. The van der Waals surface area contributed by atoms with E-state index in [-0.39, 0.29) is 30.8 Å². The molecule has 0 fully saturated rings. The summed E-state index contributed by atoms with van der Waals surface area (Å²) in [6, 6.07) is 9.94. The molecule has 0 atom stereocenters. The molecule has 1 amide bonds. The lowest BCUT2D eigenvalue weighted by molar-refractivity contribution is -0.138. The minimum absolute atomic E-state index is 0.0476. The Kier molecular flexibility index (Phi) is 6.53. The Morgan fingerprint density at radius 2 is 1.83 bits per heavy atom. The van der Waals surface area contributed by atoms with E-state index in [9.17, 15) is 18.4 Å². The van der Waals surface area contributed by atoms with Crippen LogP contribution in [0.5, 0.6) is 0 Å². The molecule has 0 aliphatic carbocycles. The number of carboxylic acid groups (broad SMARTS) is 1. The van der Waals surface area contributed by atoms with Crippen molar-refractivity contribution in [1.82, 2.24) is 4.98 Å². The average Bonchev–Trinajstić information content (AvgIpc) is 3.12. The van der Waals surface area contributed by atoms with Crippen LogP contribution >= 0.6 is 11.3 Å². The van der Waals surface area contributed by atoms with Gasteiger partial charge in [0.05, 0.1) is 17.7 Å². The van der Waals surface area contributed by atoms with E-state index in [1.54, 1.807) is 12.1 Å². The minimum Gasteiger partial charge on any atom is -0.481 e. The lowest BCUT2D eigenvalue weighted by Crippen LogP contribution is -2.30. The van der Waals surface area contributed by atoms with Crippen molar-refractivity contribution in [3.8, 4) is 0 Å². The van der Waals surface area contributed by atoms with Crippen LogP contribution in [0.1, 0.15) is 36.8 Å². The molecular formula is C21H20F2N2O3S. The highest BCUT2D eigenvalue weighted by molar-refractivity contribution is 7.18. The van der Waals surface area contributed by atoms with Crippen LogP contribution in [0.15, 0.2) is 36.4 Å². The molecule has 0 aliphatic heterocycles. The number of thiazole rings is 1. The summed E-state index contributed by atoms with van der Waals surface area (Å²) in [5.74, 6) is -3.43. The zero-order valence-corrected chi connectivity index (χ0v) is 16.6. The molecule has 0 radical (unpaired) electrons. The van der Waals surface area contributed by atoms with E-state index in [0.29, 0.717) is 15.4 Å². The molecule has 1 heterocycles. The number of hydrogen-bond acceptors (Lipinski definition) is 4. The second kappa shape index (κ2) is 9.09. The molecule has 0 spiro atoms. The largest absolute Gasteiger partial charge is 0.481 e. The van der Waals surface area contributed by atoms with Gasteiger partial charge in [-0.25, -0.2) is 13.8 Å². The number of aliphatic carboxylic acids is 1. The molecule has 0 saturated carbocycles. The van der Waals surface area contributed by atoms with Crippen LogP contribution in [0.4, 0.5) is 14.5 Å². The van der Waals surface area contributed by atoms with E-state index in [2.05, 4.69) is 11.9 Å². The van der Waals surface area contributed by atoms with Gasteiger partial charge in [0, 0.05) is 12.1 Å².